The van der Waals surface area contributed by atoms with Gasteiger partial charge < -0.3 is 10.1 Å². The summed E-state index contributed by atoms with van der Waals surface area (Å²) in [6.07, 6.45) is 2.07. The van der Waals surface area contributed by atoms with Crippen molar-refractivity contribution >= 4 is 22.4 Å². The van der Waals surface area contributed by atoms with Gasteiger partial charge in [-0.3, -0.25) is 4.79 Å². The van der Waals surface area contributed by atoms with Crippen LogP contribution in [0.5, 0.6) is 5.75 Å². The van der Waals surface area contributed by atoms with Gasteiger partial charge in [-0.15, -0.1) is 0 Å². The van der Waals surface area contributed by atoms with Gasteiger partial charge in [0.2, 0.25) is 0 Å². The summed E-state index contributed by atoms with van der Waals surface area (Å²) in [6, 6.07) is 21.2. The molecule has 0 saturated heterocycles. The Bertz CT molecular complexity index is 837. The molecule has 1 amide bonds. The number of nitrogens with one attached hydrogen (secondary N) is 1. The Hall–Kier alpha value is -2.81. The second-order valence-electron chi connectivity index (χ2n) is 5.68. The Morgan fingerprint density at radius 1 is 0.958 bits per heavy atom. The first kappa shape index (κ1) is 16.1. The quantitative estimate of drug-likeness (QED) is 0.628. The molecule has 0 heterocycles. The van der Waals surface area contributed by atoms with E-state index >= 15 is 0 Å². The lowest BCUT2D eigenvalue weighted by atomic mass is 10.0. The Morgan fingerprint density at radius 2 is 1.71 bits per heavy atom. The molecule has 0 fully saturated rings. The van der Waals surface area contributed by atoms with E-state index < -0.39 is 0 Å². The number of hydrogen-bond donors (Lipinski definition) is 1. The second kappa shape index (κ2) is 7.64. The van der Waals surface area contributed by atoms with Gasteiger partial charge in [0.25, 0.3) is 5.91 Å². The first-order valence-corrected chi connectivity index (χ1v) is 8.30. The Labute approximate surface area is 142 Å². The van der Waals surface area contributed by atoms with E-state index in [0.29, 0.717) is 23.6 Å². The van der Waals surface area contributed by atoms with Crippen LogP contribution in [-0.4, -0.2) is 12.5 Å². The average Bonchev–Trinajstić information content (AvgIpc) is 2.63. The van der Waals surface area contributed by atoms with Gasteiger partial charge in [0.15, 0.2) is 0 Å². The van der Waals surface area contributed by atoms with Crippen LogP contribution in [0.4, 0.5) is 5.69 Å². The van der Waals surface area contributed by atoms with Crippen molar-refractivity contribution in [1.82, 2.24) is 0 Å². The minimum Gasteiger partial charge on any atom is -0.491 e. The van der Waals surface area contributed by atoms with E-state index in [-0.39, 0.29) is 5.91 Å². The topological polar surface area (TPSA) is 38.3 Å². The van der Waals surface area contributed by atoms with Crippen LogP contribution < -0.4 is 10.1 Å². The smallest absolute Gasteiger partial charge is 0.256 e. The van der Waals surface area contributed by atoms with Gasteiger partial charge in [0.05, 0.1) is 12.3 Å². The summed E-state index contributed by atoms with van der Waals surface area (Å²) in [5.74, 6) is 0.581. The van der Waals surface area contributed by atoms with Gasteiger partial charge in [0.1, 0.15) is 5.75 Å². The molecule has 0 aliphatic heterocycles. The molecule has 0 aliphatic rings. The third kappa shape index (κ3) is 3.57. The number of fused-ring (bicyclic) bond motifs is 1. The second-order valence-corrected chi connectivity index (χ2v) is 5.68. The van der Waals surface area contributed by atoms with E-state index in [9.17, 15) is 4.79 Å². The molecule has 0 atom stereocenters. The summed E-state index contributed by atoms with van der Waals surface area (Å²) >= 11 is 0. The van der Waals surface area contributed by atoms with Crippen molar-refractivity contribution in [3.8, 4) is 5.75 Å². The first-order chi connectivity index (χ1) is 11.8. The molecule has 0 saturated carbocycles. The van der Waals surface area contributed by atoms with E-state index in [4.69, 9.17) is 4.74 Å². The lowest BCUT2D eigenvalue weighted by Crippen LogP contribution is -2.13. The number of carbonyl (C=O) groups is 1. The number of benzene rings is 3. The van der Waals surface area contributed by atoms with Gasteiger partial charge in [-0.2, -0.15) is 0 Å². The van der Waals surface area contributed by atoms with Crippen molar-refractivity contribution in [1.29, 1.82) is 0 Å². The van der Waals surface area contributed by atoms with Crippen LogP contribution in [0.25, 0.3) is 10.8 Å². The van der Waals surface area contributed by atoms with Crippen LogP contribution in [0.1, 0.15) is 30.1 Å². The SMILES string of the molecule is CCCCOc1ccccc1NC(=O)c1cccc2ccccc12. The minimum atomic E-state index is -0.127. The van der Waals surface area contributed by atoms with Crippen molar-refractivity contribution in [2.75, 3.05) is 11.9 Å². The zero-order valence-electron chi connectivity index (χ0n) is 13.8. The number of unbranched alkanes of at least 4 members (excludes halogenated alkanes) is 1. The molecule has 1 N–H and O–H groups in total. The lowest BCUT2D eigenvalue weighted by molar-refractivity contribution is 0.102. The Balaban J connectivity index is 1.84. The van der Waals surface area contributed by atoms with Crippen LogP contribution >= 0.6 is 0 Å². The summed E-state index contributed by atoms with van der Waals surface area (Å²) in [6.45, 7) is 2.77. The molecule has 0 bridgehead atoms. The maximum atomic E-state index is 12.7. The third-order valence-corrected chi connectivity index (χ3v) is 3.92. The van der Waals surface area contributed by atoms with Crippen molar-refractivity contribution < 1.29 is 9.53 Å². The number of ether oxygens (including phenoxy) is 1. The number of amides is 1. The highest BCUT2D eigenvalue weighted by atomic mass is 16.5. The molecule has 3 aromatic carbocycles. The number of hydrogen-bond acceptors (Lipinski definition) is 2. The maximum Gasteiger partial charge on any atom is 0.256 e. The van der Waals surface area contributed by atoms with Crippen LogP contribution in [0.3, 0.4) is 0 Å². The van der Waals surface area contributed by atoms with E-state index in [1.807, 2.05) is 66.7 Å². The van der Waals surface area contributed by atoms with Crippen LogP contribution in [0.2, 0.25) is 0 Å². The third-order valence-electron chi connectivity index (χ3n) is 3.92. The summed E-state index contributed by atoms with van der Waals surface area (Å²) < 4.78 is 5.79. The van der Waals surface area contributed by atoms with E-state index in [0.717, 1.165) is 23.6 Å². The Kier molecular flexibility index (Phi) is 5.12. The summed E-state index contributed by atoms with van der Waals surface area (Å²) in [4.78, 5) is 12.7. The maximum absolute atomic E-state index is 12.7. The highest BCUT2D eigenvalue weighted by molar-refractivity contribution is 6.13. The predicted molar refractivity (Wildman–Crippen MR) is 98.7 cm³/mol. The number of rotatable bonds is 6. The van der Waals surface area contributed by atoms with E-state index in [1.54, 1.807) is 0 Å². The summed E-state index contributed by atoms with van der Waals surface area (Å²) in [5, 5.41) is 4.98. The molecule has 3 rings (SSSR count). The number of carbonyl (C=O) groups excluding carboxylic acids is 1. The highest BCUT2D eigenvalue weighted by Crippen LogP contribution is 2.26. The van der Waals surface area contributed by atoms with Crippen LogP contribution in [0, 0.1) is 0 Å². The summed E-state index contributed by atoms with van der Waals surface area (Å²) in [5.41, 5.74) is 1.36. The molecule has 3 heteroatoms. The molecule has 0 aliphatic carbocycles. The molecule has 0 aromatic heterocycles. The van der Waals surface area contributed by atoms with E-state index in [2.05, 4.69) is 12.2 Å². The van der Waals surface area contributed by atoms with Gasteiger partial charge in [-0.25, -0.2) is 0 Å². The molecule has 24 heavy (non-hydrogen) atoms. The van der Waals surface area contributed by atoms with Crippen molar-refractivity contribution in [2.45, 2.75) is 19.8 Å². The van der Waals surface area contributed by atoms with Crippen molar-refractivity contribution in [3.63, 3.8) is 0 Å². The zero-order valence-corrected chi connectivity index (χ0v) is 13.8. The van der Waals surface area contributed by atoms with Gasteiger partial charge in [0, 0.05) is 5.56 Å². The monoisotopic (exact) mass is 319 g/mol. The van der Waals surface area contributed by atoms with Gasteiger partial charge in [-0.1, -0.05) is 61.9 Å². The van der Waals surface area contributed by atoms with Gasteiger partial charge in [-0.05, 0) is 35.4 Å². The predicted octanol–water partition coefficient (Wildman–Crippen LogP) is 5.27. The fraction of sp³-hybridized carbons (Fsp3) is 0.190. The Morgan fingerprint density at radius 3 is 2.58 bits per heavy atom. The average molecular weight is 319 g/mol. The normalized spacial score (nSPS) is 10.5. The van der Waals surface area contributed by atoms with Gasteiger partial charge >= 0.3 is 0 Å². The summed E-state index contributed by atoms with van der Waals surface area (Å²) in [7, 11) is 0. The van der Waals surface area contributed by atoms with E-state index in [1.165, 1.54) is 0 Å². The molecular weight excluding hydrogens is 298 g/mol. The fourth-order valence-electron chi connectivity index (χ4n) is 2.64. The number of para-hydroxylation sites is 2. The largest absolute Gasteiger partial charge is 0.491 e. The first-order valence-electron chi connectivity index (χ1n) is 8.30. The standard InChI is InChI=1S/C21H21NO2/c1-2-3-15-24-20-14-7-6-13-19(20)22-21(23)18-12-8-10-16-9-4-5-11-17(16)18/h4-14H,2-3,15H2,1H3,(H,22,23). The molecule has 0 spiro atoms. The molecule has 122 valence electrons. The van der Waals surface area contributed by atoms with Crippen molar-refractivity contribution in [3.05, 3.63) is 72.3 Å². The fourth-order valence-corrected chi connectivity index (χ4v) is 2.64. The molecule has 3 nitrogen and oxygen atoms in total. The van der Waals surface area contributed by atoms with Crippen molar-refractivity contribution in [2.24, 2.45) is 0 Å². The molecular formula is C21H21NO2. The highest BCUT2D eigenvalue weighted by Gasteiger charge is 2.12. The number of anilines is 1. The van der Waals surface area contributed by atoms with Crippen LogP contribution in [0.15, 0.2) is 66.7 Å². The minimum absolute atomic E-state index is 0.127. The molecule has 0 radical (unpaired) electrons. The van der Waals surface area contributed by atoms with Crippen LogP contribution in [-0.2, 0) is 0 Å². The zero-order chi connectivity index (χ0) is 16.8. The molecule has 3 aromatic rings. The molecule has 0 unspecified atom stereocenters. The lowest BCUT2D eigenvalue weighted by Gasteiger charge is -2.13.